The fourth-order valence-electron chi connectivity index (χ4n) is 4.56. The summed E-state index contributed by atoms with van der Waals surface area (Å²) in [7, 11) is 0. The zero-order chi connectivity index (χ0) is 24.4. The van der Waals surface area contributed by atoms with Gasteiger partial charge < -0.3 is 30.7 Å². The zero-order valence-corrected chi connectivity index (χ0v) is 19.2. The molecule has 1 fully saturated rings. The Morgan fingerprint density at radius 3 is 2.60 bits per heavy atom. The van der Waals surface area contributed by atoms with Crippen LogP contribution in [-0.4, -0.2) is 66.2 Å². The van der Waals surface area contributed by atoms with Crippen LogP contribution in [0.25, 0.3) is 22.3 Å². The predicted molar refractivity (Wildman–Crippen MR) is 131 cm³/mol. The van der Waals surface area contributed by atoms with Gasteiger partial charge in [0.1, 0.15) is 29.3 Å². The minimum absolute atomic E-state index is 0.151. The van der Waals surface area contributed by atoms with E-state index in [-0.39, 0.29) is 24.1 Å². The van der Waals surface area contributed by atoms with Crippen molar-refractivity contribution >= 4 is 16.9 Å². The molecular weight excluding hydrogens is 448 g/mol. The van der Waals surface area contributed by atoms with Gasteiger partial charge >= 0.3 is 0 Å². The topological polar surface area (TPSA) is 143 Å². The highest BCUT2D eigenvalue weighted by Crippen LogP contribution is 2.36. The van der Waals surface area contributed by atoms with Crippen LogP contribution in [0.3, 0.4) is 0 Å². The Labute approximate surface area is 202 Å². The van der Waals surface area contributed by atoms with Crippen LogP contribution < -0.4 is 10.5 Å². The third-order valence-electron chi connectivity index (χ3n) is 6.29. The molecule has 1 aliphatic rings. The third kappa shape index (κ3) is 4.71. The van der Waals surface area contributed by atoms with E-state index in [0.29, 0.717) is 28.7 Å². The molecule has 0 spiro atoms. The molecule has 2 aromatic heterocycles. The molecule has 2 aromatic carbocycles. The Hall–Kier alpha value is -3.89. The van der Waals surface area contributed by atoms with Crippen molar-refractivity contribution in [3.8, 4) is 34.3 Å². The molecule has 1 atom stereocenters. The zero-order valence-electron chi connectivity index (χ0n) is 19.2. The number of ether oxygens (including phenoxy) is 1. The lowest BCUT2D eigenvalue weighted by atomic mass is 10.1. The Kier molecular flexibility index (Phi) is 6.39. The molecule has 0 amide bonds. The van der Waals surface area contributed by atoms with E-state index >= 15 is 0 Å². The van der Waals surface area contributed by atoms with Crippen molar-refractivity contribution in [1.29, 1.82) is 0 Å². The van der Waals surface area contributed by atoms with E-state index in [0.717, 1.165) is 49.8 Å². The molecule has 182 valence electrons. The first-order valence-corrected chi connectivity index (χ1v) is 11.7. The fourth-order valence-corrected chi connectivity index (χ4v) is 4.56. The molecule has 10 heteroatoms. The number of fused-ring (bicyclic) bond motifs is 1. The molecule has 10 nitrogen and oxygen atoms in total. The number of nitrogens with zero attached hydrogens (tertiary/aromatic N) is 5. The van der Waals surface area contributed by atoms with Gasteiger partial charge in [-0.2, -0.15) is 5.10 Å². The summed E-state index contributed by atoms with van der Waals surface area (Å²) < 4.78 is 7.76. The van der Waals surface area contributed by atoms with Crippen LogP contribution in [0, 0.1) is 0 Å². The van der Waals surface area contributed by atoms with E-state index in [9.17, 15) is 15.3 Å². The van der Waals surface area contributed by atoms with Gasteiger partial charge in [0.15, 0.2) is 17.1 Å². The number of likely N-dealkylation sites (tertiary alicyclic amines) is 1. The van der Waals surface area contributed by atoms with E-state index in [1.54, 1.807) is 18.2 Å². The number of aliphatic hydroxyl groups is 1. The number of aromatic hydroxyl groups is 2. The summed E-state index contributed by atoms with van der Waals surface area (Å²) in [4.78, 5) is 11.1. The summed E-state index contributed by atoms with van der Waals surface area (Å²) in [5.74, 6) is 0.903. The van der Waals surface area contributed by atoms with Crippen LogP contribution in [0.1, 0.15) is 25.3 Å². The average Bonchev–Trinajstić information content (AvgIpc) is 3.27. The monoisotopic (exact) mass is 476 g/mol. The Morgan fingerprint density at radius 2 is 1.83 bits per heavy atom. The van der Waals surface area contributed by atoms with Crippen LogP contribution in [0.15, 0.2) is 48.8 Å². The second kappa shape index (κ2) is 9.77. The number of piperidine rings is 1. The van der Waals surface area contributed by atoms with Gasteiger partial charge in [-0.3, -0.25) is 0 Å². The van der Waals surface area contributed by atoms with Gasteiger partial charge in [0, 0.05) is 31.3 Å². The highest BCUT2D eigenvalue weighted by Gasteiger charge is 2.26. The lowest BCUT2D eigenvalue weighted by Crippen LogP contribution is -2.37. The number of benzene rings is 2. The standard InChI is InChI=1S/C25H28N6O4/c26-24-22-23(16-4-6-18(7-5-16)35-19-8-9-20(33)21(34)13-19)29-31(25(22)28-15-27-24)17-3-1-10-30(14-17)11-2-12-32/h4-9,13,15,17,32-34H,1-3,10-12,14H2,(H2,26,27,28). The van der Waals surface area contributed by atoms with Gasteiger partial charge in [-0.15, -0.1) is 0 Å². The van der Waals surface area contributed by atoms with Crippen molar-refractivity contribution in [2.24, 2.45) is 0 Å². The number of nitrogen functional groups attached to an aromatic ring is 1. The van der Waals surface area contributed by atoms with Crippen molar-refractivity contribution in [3.05, 3.63) is 48.8 Å². The van der Waals surface area contributed by atoms with Crippen molar-refractivity contribution < 1.29 is 20.1 Å². The molecule has 3 heterocycles. The molecular formula is C25H28N6O4. The Bertz CT molecular complexity index is 1320. The van der Waals surface area contributed by atoms with Crippen molar-refractivity contribution in [2.75, 3.05) is 32.0 Å². The molecule has 0 saturated carbocycles. The van der Waals surface area contributed by atoms with Crippen molar-refractivity contribution in [2.45, 2.75) is 25.3 Å². The number of rotatable bonds is 7. The van der Waals surface area contributed by atoms with Gasteiger partial charge in [0.2, 0.25) is 0 Å². The number of hydrogen-bond donors (Lipinski definition) is 4. The number of nitrogens with two attached hydrogens (primary N) is 1. The molecule has 35 heavy (non-hydrogen) atoms. The summed E-state index contributed by atoms with van der Waals surface area (Å²) in [5, 5.41) is 34.0. The second-order valence-corrected chi connectivity index (χ2v) is 8.70. The molecule has 1 unspecified atom stereocenters. The lowest BCUT2D eigenvalue weighted by Gasteiger charge is -2.32. The second-order valence-electron chi connectivity index (χ2n) is 8.70. The summed E-state index contributed by atoms with van der Waals surface area (Å²) >= 11 is 0. The summed E-state index contributed by atoms with van der Waals surface area (Å²) in [6.45, 7) is 2.90. The maximum atomic E-state index is 9.69. The SMILES string of the molecule is Nc1ncnc2c1c(-c1ccc(Oc3ccc(O)c(O)c3)cc1)nn2C1CCCN(CCCO)C1. The van der Waals surface area contributed by atoms with Crippen molar-refractivity contribution in [3.63, 3.8) is 0 Å². The van der Waals surface area contributed by atoms with Crippen LogP contribution in [0.5, 0.6) is 23.0 Å². The molecule has 0 bridgehead atoms. The molecule has 5 rings (SSSR count). The van der Waals surface area contributed by atoms with Gasteiger partial charge in [-0.1, -0.05) is 0 Å². The Balaban J connectivity index is 1.45. The number of phenolic OH excluding ortho intramolecular Hbond substituents is 2. The van der Waals surface area contributed by atoms with E-state index < -0.39 is 0 Å². The van der Waals surface area contributed by atoms with E-state index in [1.807, 2.05) is 16.8 Å². The Morgan fingerprint density at radius 1 is 1.03 bits per heavy atom. The van der Waals surface area contributed by atoms with E-state index in [1.165, 1.54) is 18.5 Å². The lowest BCUT2D eigenvalue weighted by molar-refractivity contribution is 0.157. The number of hydrogen-bond acceptors (Lipinski definition) is 9. The normalized spacial score (nSPS) is 16.5. The molecule has 0 radical (unpaired) electrons. The highest BCUT2D eigenvalue weighted by molar-refractivity contribution is 5.98. The largest absolute Gasteiger partial charge is 0.504 e. The maximum absolute atomic E-state index is 9.69. The molecule has 4 aromatic rings. The van der Waals surface area contributed by atoms with Gasteiger partial charge in [-0.25, -0.2) is 14.6 Å². The maximum Gasteiger partial charge on any atom is 0.164 e. The number of aromatic nitrogens is 4. The molecule has 5 N–H and O–H groups in total. The van der Waals surface area contributed by atoms with Gasteiger partial charge in [0.25, 0.3) is 0 Å². The predicted octanol–water partition coefficient (Wildman–Crippen LogP) is 3.30. The highest BCUT2D eigenvalue weighted by atomic mass is 16.5. The molecule has 0 aliphatic carbocycles. The smallest absolute Gasteiger partial charge is 0.164 e. The van der Waals surface area contributed by atoms with Crippen molar-refractivity contribution in [1.82, 2.24) is 24.6 Å². The van der Waals surface area contributed by atoms with Gasteiger partial charge in [-0.05, 0) is 62.2 Å². The number of aliphatic hydroxyl groups excluding tert-OH is 1. The first kappa shape index (κ1) is 22.9. The van der Waals surface area contributed by atoms with E-state index in [2.05, 4.69) is 14.9 Å². The summed E-state index contributed by atoms with van der Waals surface area (Å²) in [5.41, 5.74) is 8.55. The minimum atomic E-state index is -0.246. The number of anilines is 1. The molecule has 1 saturated heterocycles. The quantitative estimate of drug-likeness (QED) is 0.295. The fraction of sp³-hybridized carbons (Fsp3) is 0.320. The minimum Gasteiger partial charge on any atom is -0.504 e. The van der Waals surface area contributed by atoms with E-state index in [4.69, 9.17) is 15.6 Å². The first-order valence-electron chi connectivity index (χ1n) is 11.7. The summed E-state index contributed by atoms with van der Waals surface area (Å²) in [6, 6.07) is 11.8. The summed E-state index contributed by atoms with van der Waals surface area (Å²) in [6.07, 6.45) is 4.26. The third-order valence-corrected chi connectivity index (χ3v) is 6.29. The van der Waals surface area contributed by atoms with Crippen LogP contribution in [0.2, 0.25) is 0 Å². The van der Waals surface area contributed by atoms with Gasteiger partial charge in [0.05, 0.1) is 11.4 Å². The van der Waals surface area contributed by atoms with Crippen LogP contribution in [-0.2, 0) is 0 Å². The first-order chi connectivity index (χ1) is 17.0. The molecule has 1 aliphatic heterocycles. The average molecular weight is 477 g/mol. The van der Waals surface area contributed by atoms with Crippen LogP contribution in [0.4, 0.5) is 5.82 Å². The van der Waals surface area contributed by atoms with Crippen LogP contribution >= 0.6 is 0 Å². The number of phenols is 2.